The summed E-state index contributed by atoms with van der Waals surface area (Å²) in [6.45, 7) is 1.91. The van der Waals surface area contributed by atoms with E-state index in [0.717, 1.165) is 5.56 Å². The molecule has 0 heterocycles. The molecule has 0 aliphatic carbocycles. The minimum Gasteiger partial charge on any atom is -0.475 e. The number of carboxylic acids is 1. The molecule has 0 unspecified atom stereocenters. The van der Waals surface area contributed by atoms with Crippen LogP contribution >= 0.6 is 11.6 Å². The van der Waals surface area contributed by atoms with Gasteiger partial charge in [-0.15, -0.1) is 0 Å². The summed E-state index contributed by atoms with van der Waals surface area (Å²) >= 11 is 5.79. The first-order valence-electron chi connectivity index (χ1n) is 6.00. The molecular weight excluding hydrogens is 276 g/mol. The van der Waals surface area contributed by atoms with Gasteiger partial charge in [-0.25, -0.2) is 4.79 Å². The van der Waals surface area contributed by atoms with Crippen LogP contribution in [0.25, 0.3) is 6.08 Å². The minimum atomic E-state index is -1.12. The molecule has 0 fully saturated rings. The van der Waals surface area contributed by atoms with Crippen molar-refractivity contribution < 1.29 is 14.6 Å². The highest BCUT2D eigenvalue weighted by Gasteiger charge is 2.10. The zero-order chi connectivity index (χ0) is 14.5. The van der Waals surface area contributed by atoms with Gasteiger partial charge in [-0.05, 0) is 48.4 Å². The fourth-order valence-corrected chi connectivity index (χ4v) is 1.78. The molecule has 2 rings (SSSR count). The van der Waals surface area contributed by atoms with E-state index in [1.165, 1.54) is 6.08 Å². The van der Waals surface area contributed by atoms with Crippen molar-refractivity contribution in [1.29, 1.82) is 0 Å². The van der Waals surface area contributed by atoms with Gasteiger partial charge in [0.15, 0.2) is 0 Å². The van der Waals surface area contributed by atoms with E-state index < -0.39 is 5.97 Å². The van der Waals surface area contributed by atoms with Crippen LogP contribution in [-0.4, -0.2) is 11.1 Å². The smallest absolute Gasteiger partial charge is 0.371 e. The molecule has 0 radical (unpaired) electrons. The average Bonchev–Trinajstić information content (AvgIpc) is 2.40. The molecule has 4 heteroatoms. The fourth-order valence-electron chi connectivity index (χ4n) is 1.65. The molecule has 3 nitrogen and oxygen atoms in total. The summed E-state index contributed by atoms with van der Waals surface area (Å²) in [4.78, 5) is 11.2. The average molecular weight is 289 g/mol. The Hall–Kier alpha value is -2.26. The Morgan fingerprint density at radius 3 is 2.50 bits per heavy atom. The molecule has 2 aromatic carbocycles. The van der Waals surface area contributed by atoms with Crippen LogP contribution in [0.4, 0.5) is 0 Å². The van der Waals surface area contributed by atoms with Crippen LogP contribution in [0, 0.1) is 6.92 Å². The van der Waals surface area contributed by atoms with Gasteiger partial charge in [-0.3, -0.25) is 0 Å². The molecule has 0 amide bonds. The van der Waals surface area contributed by atoms with Crippen LogP contribution in [0.5, 0.6) is 5.75 Å². The summed E-state index contributed by atoms with van der Waals surface area (Å²) in [6, 6.07) is 14.1. The van der Waals surface area contributed by atoms with Crippen LogP contribution in [0.1, 0.15) is 11.1 Å². The van der Waals surface area contributed by atoms with Crippen molar-refractivity contribution in [2.75, 3.05) is 0 Å². The fraction of sp³-hybridized carbons (Fsp3) is 0.0625. The number of ether oxygens (including phenoxy) is 1. The summed E-state index contributed by atoms with van der Waals surface area (Å²) in [7, 11) is 0. The van der Waals surface area contributed by atoms with Gasteiger partial charge in [0.1, 0.15) is 5.75 Å². The highest BCUT2D eigenvalue weighted by molar-refractivity contribution is 6.30. The summed E-state index contributed by atoms with van der Waals surface area (Å²) in [5.41, 5.74) is 1.71. The Kier molecular flexibility index (Phi) is 4.43. The number of hydrogen-bond acceptors (Lipinski definition) is 2. The van der Waals surface area contributed by atoms with Crippen molar-refractivity contribution >= 4 is 23.6 Å². The molecule has 0 aliphatic heterocycles. The predicted molar refractivity (Wildman–Crippen MR) is 78.9 cm³/mol. The molecule has 0 saturated heterocycles. The van der Waals surface area contributed by atoms with Gasteiger partial charge in [0.25, 0.3) is 0 Å². The first kappa shape index (κ1) is 14.2. The van der Waals surface area contributed by atoms with Gasteiger partial charge in [-0.2, -0.15) is 0 Å². The van der Waals surface area contributed by atoms with Crippen molar-refractivity contribution in [1.82, 2.24) is 0 Å². The van der Waals surface area contributed by atoms with Crippen molar-refractivity contribution in [2.45, 2.75) is 6.92 Å². The van der Waals surface area contributed by atoms with Crippen LogP contribution < -0.4 is 4.74 Å². The van der Waals surface area contributed by atoms with E-state index >= 15 is 0 Å². The van der Waals surface area contributed by atoms with E-state index in [0.29, 0.717) is 16.3 Å². The molecular formula is C16H13ClO3. The number of rotatable bonds is 4. The van der Waals surface area contributed by atoms with Gasteiger partial charge in [0.2, 0.25) is 5.76 Å². The third-order valence-electron chi connectivity index (χ3n) is 2.60. The summed E-state index contributed by atoms with van der Waals surface area (Å²) in [5.74, 6) is -0.771. The van der Waals surface area contributed by atoms with Gasteiger partial charge in [-0.1, -0.05) is 35.9 Å². The van der Waals surface area contributed by atoms with Crippen LogP contribution in [-0.2, 0) is 4.79 Å². The first-order chi connectivity index (χ1) is 9.54. The van der Waals surface area contributed by atoms with E-state index in [1.807, 2.05) is 19.1 Å². The quantitative estimate of drug-likeness (QED) is 0.679. The number of hydrogen-bond donors (Lipinski definition) is 1. The Morgan fingerprint density at radius 2 is 1.90 bits per heavy atom. The number of aryl methyl sites for hydroxylation is 1. The minimum absolute atomic E-state index is 0.141. The Balaban J connectivity index is 2.27. The zero-order valence-electron chi connectivity index (χ0n) is 10.8. The van der Waals surface area contributed by atoms with E-state index in [4.69, 9.17) is 16.3 Å². The largest absolute Gasteiger partial charge is 0.475 e. The highest BCUT2D eigenvalue weighted by atomic mass is 35.5. The topological polar surface area (TPSA) is 46.5 Å². The van der Waals surface area contributed by atoms with Gasteiger partial charge in [0, 0.05) is 5.02 Å². The first-order valence-corrected chi connectivity index (χ1v) is 6.37. The third-order valence-corrected chi connectivity index (χ3v) is 2.85. The van der Waals surface area contributed by atoms with Crippen molar-refractivity contribution in [3.8, 4) is 5.75 Å². The van der Waals surface area contributed by atoms with E-state index in [2.05, 4.69) is 0 Å². The summed E-state index contributed by atoms with van der Waals surface area (Å²) in [5, 5.41) is 9.80. The standard InChI is InChI=1S/C16H13ClO3/c1-11-3-2-4-14(9-11)20-15(16(18)19)10-12-5-7-13(17)8-6-12/h2-10H,1H3,(H,18,19)/b15-10-. The highest BCUT2D eigenvalue weighted by Crippen LogP contribution is 2.18. The molecule has 2 aromatic rings. The second kappa shape index (κ2) is 6.26. The van der Waals surface area contributed by atoms with E-state index in [1.54, 1.807) is 36.4 Å². The maximum absolute atomic E-state index is 11.2. The number of carboxylic acid groups (broad SMARTS) is 1. The maximum atomic E-state index is 11.2. The Bertz CT molecular complexity index is 645. The zero-order valence-corrected chi connectivity index (χ0v) is 11.6. The third kappa shape index (κ3) is 3.87. The van der Waals surface area contributed by atoms with E-state index in [9.17, 15) is 9.90 Å². The molecule has 1 N–H and O–H groups in total. The monoisotopic (exact) mass is 288 g/mol. The van der Waals surface area contributed by atoms with Crippen LogP contribution in [0.3, 0.4) is 0 Å². The van der Waals surface area contributed by atoms with Crippen LogP contribution in [0.2, 0.25) is 5.02 Å². The lowest BCUT2D eigenvalue weighted by Crippen LogP contribution is -2.07. The Labute approximate surface area is 122 Å². The predicted octanol–water partition coefficient (Wildman–Crippen LogP) is 4.15. The van der Waals surface area contributed by atoms with Gasteiger partial charge < -0.3 is 9.84 Å². The lowest BCUT2D eigenvalue weighted by atomic mass is 10.2. The van der Waals surface area contributed by atoms with Gasteiger partial charge >= 0.3 is 5.97 Å². The molecule has 0 saturated carbocycles. The SMILES string of the molecule is Cc1cccc(O/C(=C\c2ccc(Cl)cc2)C(=O)O)c1. The number of halogens is 1. The number of aliphatic carboxylic acids is 1. The van der Waals surface area contributed by atoms with E-state index in [-0.39, 0.29) is 5.76 Å². The lowest BCUT2D eigenvalue weighted by molar-refractivity contribution is -0.134. The molecule has 102 valence electrons. The summed E-state index contributed by atoms with van der Waals surface area (Å²) in [6.07, 6.45) is 1.46. The Morgan fingerprint density at radius 1 is 1.20 bits per heavy atom. The molecule has 0 aliphatic rings. The van der Waals surface area contributed by atoms with Crippen LogP contribution in [0.15, 0.2) is 54.3 Å². The molecule has 0 aromatic heterocycles. The van der Waals surface area contributed by atoms with Gasteiger partial charge in [0.05, 0.1) is 0 Å². The van der Waals surface area contributed by atoms with Crippen molar-refractivity contribution in [2.24, 2.45) is 0 Å². The molecule has 0 spiro atoms. The number of benzene rings is 2. The molecule has 20 heavy (non-hydrogen) atoms. The van der Waals surface area contributed by atoms with Crippen molar-refractivity contribution in [3.05, 3.63) is 70.4 Å². The lowest BCUT2D eigenvalue weighted by Gasteiger charge is -2.07. The van der Waals surface area contributed by atoms with Crippen molar-refractivity contribution in [3.63, 3.8) is 0 Å². The second-order valence-corrected chi connectivity index (χ2v) is 4.72. The normalized spacial score (nSPS) is 11.2. The second-order valence-electron chi connectivity index (χ2n) is 4.28. The molecule has 0 bridgehead atoms. The molecule has 0 atom stereocenters. The summed E-state index contributed by atoms with van der Waals surface area (Å²) < 4.78 is 5.42. The maximum Gasteiger partial charge on any atom is 0.371 e. The number of carbonyl (C=O) groups is 1.